The predicted molar refractivity (Wildman–Crippen MR) is 132 cm³/mol. The number of aryl methyl sites for hydroxylation is 3. The molecule has 0 aliphatic carbocycles. The van der Waals surface area contributed by atoms with E-state index in [1.54, 1.807) is 4.68 Å². The molecule has 8 heteroatoms. The number of para-hydroxylation sites is 1. The second kappa shape index (κ2) is 10.6. The fourth-order valence-corrected chi connectivity index (χ4v) is 2.99. The molecule has 0 bridgehead atoms. The van der Waals surface area contributed by atoms with Crippen LogP contribution in [0.5, 0.6) is 0 Å². The van der Waals surface area contributed by atoms with E-state index in [0.29, 0.717) is 42.4 Å². The van der Waals surface area contributed by atoms with E-state index in [2.05, 4.69) is 35.3 Å². The lowest BCUT2D eigenvalue weighted by molar-refractivity contribution is 0.776. The van der Waals surface area contributed by atoms with Gasteiger partial charge in [-0.25, -0.2) is 4.68 Å². The van der Waals surface area contributed by atoms with Gasteiger partial charge in [0, 0.05) is 12.2 Å². The molecule has 7 nitrogen and oxygen atoms in total. The molecule has 0 amide bonds. The molecule has 0 atom stereocenters. The summed E-state index contributed by atoms with van der Waals surface area (Å²) in [5.74, 6) is 0.719. The average Bonchev–Trinajstić information content (AvgIpc) is 3.04. The smallest absolute Gasteiger partial charge is 0.193 e. The highest BCUT2D eigenvalue weighted by molar-refractivity contribution is 14.0. The van der Waals surface area contributed by atoms with Crippen molar-refractivity contribution in [3.8, 4) is 11.8 Å². The van der Waals surface area contributed by atoms with E-state index < -0.39 is 0 Å². The van der Waals surface area contributed by atoms with Gasteiger partial charge in [-0.15, -0.1) is 24.0 Å². The Bertz CT molecular complexity index is 1070. The summed E-state index contributed by atoms with van der Waals surface area (Å²) in [5, 5.41) is 17.1. The van der Waals surface area contributed by atoms with Gasteiger partial charge in [0.25, 0.3) is 0 Å². The van der Waals surface area contributed by atoms with Gasteiger partial charge in [0.2, 0.25) is 0 Å². The van der Waals surface area contributed by atoms with Crippen molar-refractivity contribution in [2.45, 2.75) is 26.7 Å². The van der Waals surface area contributed by atoms with E-state index >= 15 is 0 Å². The molecule has 0 unspecified atom stereocenters. The average molecular weight is 515 g/mol. The molecule has 156 valence electrons. The number of nitrogen functional groups attached to an aromatic ring is 1. The van der Waals surface area contributed by atoms with Gasteiger partial charge in [0.1, 0.15) is 17.5 Å². The molecule has 30 heavy (non-hydrogen) atoms. The van der Waals surface area contributed by atoms with Gasteiger partial charge in [0.05, 0.1) is 11.4 Å². The van der Waals surface area contributed by atoms with Crippen molar-refractivity contribution in [2.24, 2.45) is 10.7 Å². The number of nitrogens with two attached hydrogens (primary N) is 2. The summed E-state index contributed by atoms with van der Waals surface area (Å²) in [7, 11) is 0. The first-order chi connectivity index (χ1) is 14.0. The molecule has 3 rings (SSSR count). The van der Waals surface area contributed by atoms with Crippen LogP contribution in [0.15, 0.2) is 53.5 Å². The van der Waals surface area contributed by atoms with Crippen molar-refractivity contribution in [3.05, 3.63) is 70.9 Å². The molecule has 0 fully saturated rings. The zero-order valence-corrected chi connectivity index (χ0v) is 19.4. The molecular weight excluding hydrogens is 489 g/mol. The number of benzene rings is 2. The van der Waals surface area contributed by atoms with Crippen molar-refractivity contribution in [3.63, 3.8) is 0 Å². The third kappa shape index (κ3) is 5.51. The summed E-state index contributed by atoms with van der Waals surface area (Å²) in [6.07, 6.45) is 1.29. The molecule has 0 radical (unpaired) electrons. The van der Waals surface area contributed by atoms with Crippen molar-refractivity contribution < 1.29 is 0 Å². The molecule has 0 aliphatic rings. The van der Waals surface area contributed by atoms with E-state index in [1.165, 1.54) is 11.1 Å². The van der Waals surface area contributed by atoms with E-state index in [1.807, 2.05) is 48.5 Å². The van der Waals surface area contributed by atoms with Gasteiger partial charge in [0.15, 0.2) is 5.96 Å². The summed E-state index contributed by atoms with van der Waals surface area (Å²) in [6, 6.07) is 17.8. The number of anilines is 2. The second-order valence-corrected chi connectivity index (χ2v) is 6.86. The first-order valence-electron chi connectivity index (χ1n) is 9.46. The van der Waals surface area contributed by atoms with Crippen LogP contribution in [0.4, 0.5) is 11.5 Å². The molecule has 0 saturated carbocycles. The number of aliphatic imine (C=N–C) groups is 1. The van der Waals surface area contributed by atoms with Gasteiger partial charge >= 0.3 is 0 Å². The molecular formula is C22H26IN7. The summed E-state index contributed by atoms with van der Waals surface area (Å²) >= 11 is 0. The Morgan fingerprint density at radius 2 is 1.90 bits per heavy atom. The van der Waals surface area contributed by atoms with Crippen LogP contribution in [0.3, 0.4) is 0 Å². The quantitative estimate of drug-likeness (QED) is 0.199. The molecule has 5 N–H and O–H groups in total. The van der Waals surface area contributed by atoms with Crippen molar-refractivity contribution in [1.82, 2.24) is 9.78 Å². The number of hydrogen-bond acceptors (Lipinski definition) is 4. The number of hydrogen-bond donors (Lipinski definition) is 3. The van der Waals surface area contributed by atoms with Crippen LogP contribution in [0.25, 0.3) is 5.69 Å². The van der Waals surface area contributed by atoms with E-state index in [9.17, 15) is 5.26 Å². The van der Waals surface area contributed by atoms with Crippen LogP contribution in [0, 0.1) is 25.2 Å². The van der Waals surface area contributed by atoms with E-state index in [-0.39, 0.29) is 24.0 Å². The maximum absolute atomic E-state index is 9.47. The highest BCUT2D eigenvalue weighted by atomic mass is 127. The summed E-state index contributed by atoms with van der Waals surface area (Å²) < 4.78 is 1.60. The maximum atomic E-state index is 9.47. The highest BCUT2D eigenvalue weighted by Crippen LogP contribution is 2.21. The van der Waals surface area contributed by atoms with Crippen LogP contribution in [-0.2, 0) is 6.42 Å². The van der Waals surface area contributed by atoms with Crippen LogP contribution in [0.1, 0.15) is 28.8 Å². The van der Waals surface area contributed by atoms with Gasteiger partial charge in [-0.1, -0.05) is 24.3 Å². The lowest BCUT2D eigenvalue weighted by Gasteiger charge is -2.08. The fourth-order valence-electron chi connectivity index (χ4n) is 2.99. The summed E-state index contributed by atoms with van der Waals surface area (Å²) in [5.41, 5.74) is 17.4. The SMILES string of the molecule is Cc1ccc(NC(N)=NCCCc2nn(-c3ccccc3)c(N)c2C#N)cc1C.I. The normalized spacial score (nSPS) is 10.9. The molecule has 0 spiro atoms. The third-order valence-corrected chi connectivity index (χ3v) is 4.74. The van der Waals surface area contributed by atoms with Crippen LogP contribution in [-0.4, -0.2) is 22.3 Å². The second-order valence-electron chi connectivity index (χ2n) is 6.86. The largest absolute Gasteiger partial charge is 0.382 e. The minimum atomic E-state index is 0. The zero-order valence-electron chi connectivity index (χ0n) is 17.1. The summed E-state index contributed by atoms with van der Waals surface area (Å²) in [6.45, 7) is 4.64. The molecule has 0 saturated heterocycles. The van der Waals surface area contributed by atoms with Crippen molar-refractivity contribution in [1.29, 1.82) is 5.26 Å². The summed E-state index contributed by atoms with van der Waals surface area (Å²) in [4.78, 5) is 4.36. The first-order valence-corrected chi connectivity index (χ1v) is 9.46. The maximum Gasteiger partial charge on any atom is 0.193 e. The Labute approximate surface area is 193 Å². The number of nitrogens with zero attached hydrogens (tertiary/aromatic N) is 4. The third-order valence-electron chi connectivity index (χ3n) is 4.74. The number of halogens is 1. The molecule has 3 aromatic rings. The first kappa shape index (κ1) is 23.2. The Morgan fingerprint density at radius 3 is 2.57 bits per heavy atom. The highest BCUT2D eigenvalue weighted by Gasteiger charge is 2.16. The molecule has 2 aromatic carbocycles. The number of rotatable bonds is 6. The van der Waals surface area contributed by atoms with E-state index in [0.717, 1.165) is 11.4 Å². The lowest BCUT2D eigenvalue weighted by atomic mass is 10.1. The standard InChI is InChI=1S/C22H25N7.HI/c1-15-10-11-17(13-16(15)2)27-22(25)26-12-6-9-20-19(14-23)21(24)29(28-20)18-7-4-3-5-8-18;/h3-5,7-8,10-11,13H,6,9,12,24H2,1-2H3,(H3,25,26,27);1H. The molecule has 1 aromatic heterocycles. The minimum absolute atomic E-state index is 0. The monoisotopic (exact) mass is 515 g/mol. The molecule has 0 aliphatic heterocycles. The Balaban J connectivity index is 0.00000320. The fraction of sp³-hybridized carbons (Fsp3) is 0.227. The Kier molecular flexibility index (Phi) is 8.24. The number of aromatic nitrogens is 2. The van der Waals surface area contributed by atoms with Crippen LogP contribution >= 0.6 is 24.0 Å². The van der Waals surface area contributed by atoms with Gasteiger partial charge in [-0.3, -0.25) is 4.99 Å². The zero-order chi connectivity index (χ0) is 20.8. The van der Waals surface area contributed by atoms with Crippen molar-refractivity contribution >= 4 is 41.4 Å². The van der Waals surface area contributed by atoms with Gasteiger partial charge < -0.3 is 16.8 Å². The Morgan fingerprint density at radius 1 is 1.17 bits per heavy atom. The van der Waals surface area contributed by atoms with Gasteiger partial charge in [-0.2, -0.15) is 10.4 Å². The van der Waals surface area contributed by atoms with Gasteiger partial charge in [-0.05, 0) is 62.1 Å². The Hall–Kier alpha value is -3.06. The lowest BCUT2D eigenvalue weighted by Crippen LogP contribution is -2.23. The van der Waals surface area contributed by atoms with E-state index in [4.69, 9.17) is 11.5 Å². The predicted octanol–water partition coefficient (Wildman–Crippen LogP) is 3.92. The molecule has 1 heterocycles. The van der Waals surface area contributed by atoms with Crippen LogP contribution < -0.4 is 16.8 Å². The number of nitriles is 1. The van der Waals surface area contributed by atoms with Crippen LogP contribution in [0.2, 0.25) is 0 Å². The van der Waals surface area contributed by atoms with Crippen molar-refractivity contribution in [2.75, 3.05) is 17.6 Å². The number of guanidine groups is 1. The minimum Gasteiger partial charge on any atom is -0.382 e. The number of nitrogens with one attached hydrogen (secondary N) is 1. The topological polar surface area (TPSA) is 118 Å².